The molecule has 160 valence electrons. The van der Waals surface area contributed by atoms with Gasteiger partial charge in [0, 0.05) is 24.0 Å². The third kappa shape index (κ3) is 3.37. The van der Waals surface area contributed by atoms with E-state index >= 15 is 0 Å². The van der Waals surface area contributed by atoms with Crippen molar-refractivity contribution in [3.8, 4) is 0 Å². The molecular weight excluding hydrogens is 471 g/mol. The van der Waals surface area contributed by atoms with Gasteiger partial charge in [-0.25, -0.2) is 0 Å². The first-order chi connectivity index (χ1) is 15.3. The molecule has 1 aliphatic heterocycles. The van der Waals surface area contributed by atoms with Crippen molar-refractivity contribution in [2.45, 2.75) is 19.5 Å². The van der Waals surface area contributed by atoms with E-state index in [0.29, 0.717) is 31.6 Å². The van der Waals surface area contributed by atoms with E-state index in [0.717, 1.165) is 11.1 Å². The molecule has 0 aliphatic carbocycles. The second-order valence-corrected chi connectivity index (χ2v) is 8.86. The highest BCUT2D eigenvalue weighted by Crippen LogP contribution is 2.41. The number of pyridine rings is 1. The molecule has 1 aliphatic rings. The lowest BCUT2D eigenvalue weighted by Gasteiger charge is -2.25. The molecule has 5 nitrogen and oxygen atoms in total. The second-order valence-electron chi connectivity index (χ2n) is 7.64. The molecule has 0 radical (unpaired) electrons. The van der Waals surface area contributed by atoms with E-state index < -0.39 is 6.04 Å². The van der Waals surface area contributed by atoms with E-state index in [1.807, 2.05) is 13.0 Å². The van der Waals surface area contributed by atoms with Crippen LogP contribution < -0.4 is 5.43 Å². The van der Waals surface area contributed by atoms with Crippen molar-refractivity contribution in [2.24, 2.45) is 0 Å². The lowest BCUT2D eigenvalue weighted by molar-refractivity contribution is 0.0714. The molecule has 0 N–H and O–H groups in total. The van der Waals surface area contributed by atoms with Crippen molar-refractivity contribution in [3.05, 3.63) is 108 Å². The van der Waals surface area contributed by atoms with Gasteiger partial charge in [0.1, 0.15) is 5.58 Å². The van der Waals surface area contributed by atoms with Gasteiger partial charge in [0.25, 0.3) is 5.91 Å². The lowest BCUT2D eigenvalue weighted by Crippen LogP contribution is -2.29. The molecule has 2 aromatic carbocycles. The minimum Gasteiger partial charge on any atom is -0.450 e. The Hall–Kier alpha value is -2.86. The summed E-state index contributed by atoms with van der Waals surface area (Å²) in [6.45, 7) is 2.04. The quantitative estimate of drug-likeness (QED) is 0.346. The van der Waals surface area contributed by atoms with Crippen LogP contribution in [0.25, 0.3) is 11.0 Å². The number of amides is 1. The van der Waals surface area contributed by atoms with Gasteiger partial charge in [-0.15, -0.1) is 0 Å². The molecule has 3 heterocycles. The van der Waals surface area contributed by atoms with Gasteiger partial charge in [-0.3, -0.25) is 14.6 Å². The zero-order chi connectivity index (χ0) is 22.6. The molecule has 32 heavy (non-hydrogen) atoms. The summed E-state index contributed by atoms with van der Waals surface area (Å²) in [7, 11) is 0. The maximum absolute atomic E-state index is 13.6. The number of carbonyl (C=O) groups excluding carboxylic acids is 1. The third-order valence-corrected chi connectivity index (χ3v) is 6.73. The Kier molecular flexibility index (Phi) is 5.20. The van der Waals surface area contributed by atoms with E-state index in [-0.39, 0.29) is 29.2 Å². The Balaban J connectivity index is 1.76. The summed E-state index contributed by atoms with van der Waals surface area (Å²) in [5.41, 5.74) is 2.49. The minimum absolute atomic E-state index is 0.0178. The molecule has 5 rings (SSSR count). The van der Waals surface area contributed by atoms with Crippen LogP contribution in [-0.4, -0.2) is 15.8 Å². The van der Waals surface area contributed by atoms with Gasteiger partial charge in [-0.1, -0.05) is 46.9 Å². The van der Waals surface area contributed by atoms with Gasteiger partial charge < -0.3 is 9.32 Å². The van der Waals surface area contributed by atoms with Crippen LogP contribution in [0, 0.1) is 6.92 Å². The molecule has 2 aromatic heterocycles. The normalized spacial score (nSPS) is 15.4. The molecule has 1 atom stereocenters. The van der Waals surface area contributed by atoms with Crippen molar-refractivity contribution in [1.82, 2.24) is 9.88 Å². The fourth-order valence-electron chi connectivity index (χ4n) is 4.02. The number of halogens is 3. The van der Waals surface area contributed by atoms with Crippen LogP contribution in [0.15, 0.2) is 64.1 Å². The van der Waals surface area contributed by atoms with Crippen LogP contribution in [0.3, 0.4) is 0 Å². The zero-order valence-electron chi connectivity index (χ0n) is 16.7. The summed E-state index contributed by atoms with van der Waals surface area (Å²) in [5, 5.41) is 1.48. The first-order valence-corrected chi connectivity index (χ1v) is 10.9. The number of hydrogen-bond acceptors (Lipinski definition) is 4. The van der Waals surface area contributed by atoms with E-state index in [1.165, 1.54) is 0 Å². The number of hydrogen-bond donors (Lipinski definition) is 0. The fourth-order valence-corrected chi connectivity index (χ4v) is 4.49. The molecule has 0 fully saturated rings. The highest BCUT2D eigenvalue weighted by atomic mass is 35.5. The SMILES string of the molecule is Cc1cc2oc3c(c(=O)c2cc1Cl)[C@H](c1ccc(Cl)c(Cl)c1)N(Cc1cccnc1)C3=O. The number of rotatable bonds is 3. The Labute approximate surface area is 198 Å². The summed E-state index contributed by atoms with van der Waals surface area (Å²) in [6.07, 6.45) is 3.33. The largest absolute Gasteiger partial charge is 0.450 e. The fraction of sp³-hybridized carbons (Fsp3) is 0.125. The molecule has 0 bridgehead atoms. The topological polar surface area (TPSA) is 63.4 Å². The Morgan fingerprint density at radius 1 is 1.03 bits per heavy atom. The predicted octanol–water partition coefficient (Wildman–Crippen LogP) is 6.20. The highest BCUT2D eigenvalue weighted by Gasteiger charge is 2.43. The monoisotopic (exact) mass is 484 g/mol. The molecule has 0 saturated carbocycles. The average Bonchev–Trinajstić information content (AvgIpc) is 3.04. The van der Waals surface area contributed by atoms with Crippen molar-refractivity contribution < 1.29 is 9.21 Å². The Bertz CT molecular complexity index is 1450. The Morgan fingerprint density at radius 3 is 2.56 bits per heavy atom. The van der Waals surface area contributed by atoms with Gasteiger partial charge in [-0.2, -0.15) is 0 Å². The van der Waals surface area contributed by atoms with Crippen molar-refractivity contribution >= 4 is 51.7 Å². The van der Waals surface area contributed by atoms with Gasteiger partial charge in [0.2, 0.25) is 5.76 Å². The number of fused-ring (bicyclic) bond motifs is 2. The molecule has 8 heteroatoms. The Morgan fingerprint density at radius 2 is 1.84 bits per heavy atom. The van der Waals surface area contributed by atoms with Crippen LogP contribution in [0.2, 0.25) is 15.1 Å². The lowest BCUT2D eigenvalue weighted by atomic mass is 9.98. The maximum atomic E-state index is 13.6. The molecule has 0 unspecified atom stereocenters. The van der Waals surface area contributed by atoms with Gasteiger partial charge in [0.15, 0.2) is 5.43 Å². The van der Waals surface area contributed by atoms with Gasteiger partial charge in [-0.05, 0) is 53.9 Å². The van der Waals surface area contributed by atoms with Crippen LogP contribution in [0.1, 0.15) is 38.9 Å². The van der Waals surface area contributed by atoms with Crippen LogP contribution in [0.4, 0.5) is 0 Å². The standard InChI is InChI=1S/C24H15Cl3N2O3/c1-12-7-19-15(9-17(12)26)22(30)20-21(14-4-5-16(25)18(27)8-14)29(24(31)23(20)32-19)11-13-3-2-6-28-10-13/h2-10,21H,11H2,1H3/t21-/m0/s1. The van der Waals surface area contributed by atoms with Crippen LogP contribution >= 0.6 is 34.8 Å². The van der Waals surface area contributed by atoms with Gasteiger partial charge >= 0.3 is 0 Å². The van der Waals surface area contributed by atoms with Gasteiger partial charge in [0.05, 0.1) is 27.0 Å². The maximum Gasteiger partial charge on any atom is 0.291 e. The average molecular weight is 486 g/mol. The number of aromatic nitrogens is 1. The summed E-state index contributed by atoms with van der Waals surface area (Å²) >= 11 is 18.7. The number of benzene rings is 2. The van der Waals surface area contributed by atoms with E-state index in [9.17, 15) is 9.59 Å². The third-order valence-electron chi connectivity index (χ3n) is 5.58. The minimum atomic E-state index is -0.701. The molecule has 0 saturated heterocycles. The highest BCUT2D eigenvalue weighted by molar-refractivity contribution is 6.42. The van der Waals surface area contributed by atoms with Crippen LogP contribution in [0.5, 0.6) is 0 Å². The molecular formula is C24H15Cl3N2O3. The van der Waals surface area contributed by atoms with Crippen molar-refractivity contribution in [1.29, 1.82) is 0 Å². The summed E-state index contributed by atoms with van der Waals surface area (Å²) in [5.74, 6) is -0.365. The van der Waals surface area contributed by atoms with Crippen LogP contribution in [-0.2, 0) is 6.54 Å². The van der Waals surface area contributed by atoms with E-state index in [2.05, 4.69) is 4.98 Å². The first-order valence-electron chi connectivity index (χ1n) is 9.77. The molecule has 4 aromatic rings. The molecule has 1 amide bonds. The summed E-state index contributed by atoms with van der Waals surface area (Å²) in [6, 6.07) is 11.3. The van der Waals surface area contributed by atoms with Crippen molar-refractivity contribution in [2.75, 3.05) is 0 Å². The number of nitrogens with zero attached hydrogens (tertiary/aromatic N) is 2. The summed E-state index contributed by atoms with van der Waals surface area (Å²) < 4.78 is 5.98. The number of carbonyl (C=O) groups is 1. The summed E-state index contributed by atoms with van der Waals surface area (Å²) in [4.78, 5) is 32.8. The van der Waals surface area contributed by atoms with E-state index in [1.54, 1.807) is 53.7 Å². The zero-order valence-corrected chi connectivity index (χ0v) is 19.0. The first kappa shape index (κ1) is 21.0. The van der Waals surface area contributed by atoms with E-state index in [4.69, 9.17) is 39.2 Å². The van der Waals surface area contributed by atoms with Crippen molar-refractivity contribution in [3.63, 3.8) is 0 Å². The smallest absolute Gasteiger partial charge is 0.291 e. The second kappa shape index (κ2) is 7.93. The molecule has 0 spiro atoms. The predicted molar refractivity (Wildman–Crippen MR) is 125 cm³/mol. The number of aryl methyl sites for hydroxylation is 1.